The number of nitrogens with one attached hydrogen (secondary N) is 1. The number of aromatic nitrogens is 3. The van der Waals surface area contributed by atoms with Gasteiger partial charge < -0.3 is 10.1 Å². The molecule has 10 heteroatoms. The third-order valence-corrected chi connectivity index (χ3v) is 6.83. The zero-order valence-corrected chi connectivity index (χ0v) is 20.7. The van der Waals surface area contributed by atoms with Crippen LogP contribution in [0.4, 0.5) is 18.9 Å². The summed E-state index contributed by atoms with van der Waals surface area (Å²) in [6.45, 7) is 1.60. The number of hydrogen-bond donors (Lipinski definition) is 1. The topological polar surface area (TPSA) is 69.0 Å². The van der Waals surface area contributed by atoms with Gasteiger partial charge in [0.25, 0.3) is 5.91 Å². The second-order valence-electron chi connectivity index (χ2n) is 8.32. The van der Waals surface area contributed by atoms with E-state index in [9.17, 15) is 18.0 Å². The monoisotopic (exact) mass is 522 g/mol. The van der Waals surface area contributed by atoms with Crippen LogP contribution in [0.15, 0.2) is 72.1 Å². The van der Waals surface area contributed by atoms with Crippen LogP contribution in [-0.2, 0) is 12.7 Å². The standard InChI is InChI=1S/C27H21F3N4O2S/c1-16-24(25(27(28,29)30)33-34(16)15-17-9-11-18(36-2)12-10-17)32-26(35)20-14-22(23-8-5-13-37-23)31-21-7-4-3-6-19(20)21/h3-14H,15H2,1-2H3,(H,32,35). The average molecular weight is 523 g/mol. The number of amides is 1. The van der Waals surface area contributed by atoms with Gasteiger partial charge in [0.1, 0.15) is 5.75 Å². The molecule has 3 aromatic heterocycles. The summed E-state index contributed by atoms with van der Waals surface area (Å²) in [5, 5.41) is 8.76. The number of carbonyl (C=O) groups is 1. The van der Waals surface area contributed by atoms with Crippen LogP contribution >= 0.6 is 11.3 Å². The van der Waals surface area contributed by atoms with Crippen molar-refractivity contribution in [2.45, 2.75) is 19.6 Å². The Hall–Kier alpha value is -4.18. The number of ether oxygens (including phenoxy) is 1. The second-order valence-corrected chi connectivity index (χ2v) is 9.26. The molecule has 0 aliphatic heterocycles. The van der Waals surface area contributed by atoms with Gasteiger partial charge in [-0.25, -0.2) is 4.98 Å². The minimum Gasteiger partial charge on any atom is -0.497 e. The van der Waals surface area contributed by atoms with Crippen molar-refractivity contribution in [1.29, 1.82) is 0 Å². The van der Waals surface area contributed by atoms with Crippen LogP contribution in [0.1, 0.15) is 27.3 Å². The van der Waals surface area contributed by atoms with E-state index < -0.39 is 17.8 Å². The van der Waals surface area contributed by atoms with Crippen molar-refractivity contribution in [2.75, 3.05) is 12.4 Å². The van der Waals surface area contributed by atoms with Crippen LogP contribution in [-0.4, -0.2) is 27.8 Å². The summed E-state index contributed by atoms with van der Waals surface area (Å²) in [6.07, 6.45) is -4.76. The van der Waals surface area contributed by atoms with Crippen molar-refractivity contribution in [3.63, 3.8) is 0 Å². The molecule has 0 spiro atoms. The van der Waals surface area contributed by atoms with Gasteiger partial charge in [0.15, 0.2) is 5.69 Å². The van der Waals surface area contributed by atoms with Crippen LogP contribution in [0.3, 0.4) is 0 Å². The normalized spacial score (nSPS) is 11.6. The molecule has 188 valence electrons. The Morgan fingerprint density at radius 2 is 1.84 bits per heavy atom. The molecular weight excluding hydrogens is 501 g/mol. The minimum absolute atomic E-state index is 0.0927. The number of methoxy groups -OCH3 is 1. The number of benzene rings is 2. The lowest BCUT2D eigenvalue weighted by Gasteiger charge is -2.12. The number of halogens is 3. The van der Waals surface area contributed by atoms with Crippen LogP contribution in [0.25, 0.3) is 21.5 Å². The quantitative estimate of drug-likeness (QED) is 0.266. The molecule has 6 nitrogen and oxygen atoms in total. The molecule has 0 aliphatic rings. The van der Waals surface area contributed by atoms with Gasteiger partial charge in [-0.3, -0.25) is 9.48 Å². The SMILES string of the molecule is COc1ccc(Cn2nc(C(F)(F)F)c(NC(=O)c3cc(-c4cccs4)nc4ccccc34)c2C)cc1. The molecule has 5 aromatic rings. The lowest BCUT2D eigenvalue weighted by molar-refractivity contribution is -0.140. The maximum absolute atomic E-state index is 14.0. The number of fused-ring (bicyclic) bond motifs is 1. The third kappa shape index (κ3) is 4.92. The van der Waals surface area contributed by atoms with Gasteiger partial charge in [-0.05, 0) is 48.2 Å². The van der Waals surface area contributed by atoms with E-state index in [1.54, 1.807) is 54.6 Å². The van der Waals surface area contributed by atoms with Gasteiger partial charge in [0.05, 0.1) is 46.7 Å². The molecule has 0 radical (unpaired) electrons. The fourth-order valence-electron chi connectivity index (χ4n) is 4.05. The molecule has 0 fully saturated rings. The molecule has 3 heterocycles. The van der Waals surface area contributed by atoms with Crippen molar-refractivity contribution in [2.24, 2.45) is 0 Å². The molecular formula is C27H21F3N4O2S. The highest BCUT2D eigenvalue weighted by Crippen LogP contribution is 2.37. The van der Waals surface area contributed by atoms with E-state index in [2.05, 4.69) is 15.4 Å². The number of carbonyl (C=O) groups excluding carboxylic acids is 1. The third-order valence-electron chi connectivity index (χ3n) is 5.94. The molecule has 0 bridgehead atoms. The molecule has 0 aliphatic carbocycles. The first kappa shape index (κ1) is 24.5. The first-order valence-corrected chi connectivity index (χ1v) is 12.1. The molecule has 37 heavy (non-hydrogen) atoms. The summed E-state index contributed by atoms with van der Waals surface area (Å²) in [6, 6.07) is 19.3. The zero-order chi connectivity index (χ0) is 26.2. The van der Waals surface area contributed by atoms with Crippen molar-refractivity contribution in [3.05, 3.63) is 94.6 Å². The lowest BCUT2D eigenvalue weighted by atomic mass is 10.1. The van der Waals surface area contributed by atoms with Crippen LogP contribution < -0.4 is 10.1 Å². The molecule has 0 saturated heterocycles. The van der Waals surface area contributed by atoms with E-state index >= 15 is 0 Å². The van der Waals surface area contributed by atoms with Crippen LogP contribution in [0.2, 0.25) is 0 Å². The Balaban J connectivity index is 1.54. The van der Waals surface area contributed by atoms with Crippen molar-refractivity contribution in [3.8, 4) is 16.3 Å². The van der Waals surface area contributed by atoms with E-state index in [0.29, 0.717) is 22.3 Å². The van der Waals surface area contributed by atoms with Gasteiger partial charge in [0, 0.05) is 5.39 Å². The van der Waals surface area contributed by atoms with E-state index in [1.807, 2.05) is 17.5 Å². The van der Waals surface area contributed by atoms with Crippen molar-refractivity contribution in [1.82, 2.24) is 14.8 Å². The van der Waals surface area contributed by atoms with E-state index in [0.717, 1.165) is 10.4 Å². The number of anilines is 1. The highest BCUT2D eigenvalue weighted by atomic mass is 32.1. The number of thiophene rings is 1. The van der Waals surface area contributed by atoms with E-state index in [4.69, 9.17) is 4.74 Å². The average Bonchev–Trinajstić information content (AvgIpc) is 3.53. The summed E-state index contributed by atoms with van der Waals surface area (Å²) in [4.78, 5) is 18.9. The Bertz CT molecular complexity index is 1580. The summed E-state index contributed by atoms with van der Waals surface area (Å²) in [7, 11) is 1.53. The van der Waals surface area contributed by atoms with Crippen LogP contribution in [0, 0.1) is 6.92 Å². The number of alkyl halides is 3. The molecule has 0 saturated carbocycles. The zero-order valence-electron chi connectivity index (χ0n) is 19.8. The van der Waals surface area contributed by atoms with Crippen molar-refractivity contribution >= 4 is 33.8 Å². The second kappa shape index (κ2) is 9.70. The molecule has 1 N–H and O–H groups in total. The highest BCUT2D eigenvalue weighted by Gasteiger charge is 2.39. The van der Waals surface area contributed by atoms with Crippen LogP contribution in [0.5, 0.6) is 5.75 Å². The number of para-hydroxylation sites is 1. The molecule has 1 amide bonds. The Morgan fingerprint density at radius 3 is 2.51 bits per heavy atom. The maximum atomic E-state index is 14.0. The number of rotatable bonds is 6. The van der Waals surface area contributed by atoms with E-state index in [1.165, 1.54) is 30.1 Å². The van der Waals surface area contributed by atoms with Crippen molar-refractivity contribution < 1.29 is 22.7 Å². The van der Waals surface area contributed by atoms with Gasteiger partial charge in [-0.1, -0.05) is 36.4 Å². The molecule has 0 atom stereocenters. The minimum atomic E-state index is -4.76. The first-order chi connectivity index (χ1) is 17.7. The number of hydrogen-bond acceptors (Lipinski definition) is 5. The lowest BCUT2D eigenvalue weighted by Crippen LogP contribution is -2.17. The fraction of sp³-hybridized carbons (Fsp3) is 0.148. The Kier molecular flexibility index (Phi) is 6.43. The molecule has 5 rings (SSSR count). The summed E-state index contributed by atoms with van der Waals surface area (Å²) < 4.78 is 48.3. The van der Waals surface area contributed by atoms with Gasteiger partial charge in [-0.15, -0.1) is 11.3 Å². The largest absolute Gasteiger partial charge is 0.497 e. The van der Waals surface area contributed by atoms with Gasteiger partial charge >= 0.3 is 6.18 Å². The summed E-state index contributed by atoms with van der Waals surface area (Å²) in [5.74, 6) is -0.0367. The smallest absolute Gasteiger partial charge is 0.437 e. The maximum Gasteiger partial charge on any atom is 0.437 e. The summed E-state index contributed by atoms with van der Waals surface area (Å²) in [5.41, 5.74) is 0.771. The Labute approximate surface area is 214 Å². The molecule has 2 aromatic carbocycles. The predicted octanol–water partition coefficient (Wildman–Crippen LogP) is 6.80. The van der Waals surface area contributed by atoms with Gasteiger partial charge in [0.2, 0.25) is 0 Å². The highest BCUT2D eigenvalue weighted by molar-refractivity contribution is 7.13. The predicted molar refractivity (Wildman–Crippen MR) is 137 cm³/mol. The fourth-order valence-corrected chi connectivity index (χ4v) is 4.73. The first-order valence-electron chi connectivity index (χ1n) is 11.3. The Morgan fingerprint density at radius 1 is 1.08 bits per heavy atom. The molecule has 0 unspecified atom stereocenters. The summed E-state index contributed by atoms with van der Waals surface area (Å²) >= 11 is 1.46. The number of nitrogens with zero attached hydrogens (tertiary/aromatic N) is 3. The van der Waals surface area contributed by atoms with E-state index in [-0.39, 0.29) is 23.5 Å². The number of pyridine rings is 1. The van der Waals surface area contributed by atoms with Gasteiger partial charge in [-0.2, -0.15) is 18.3 Å².